The highest BCUT2D eigenvalue weighted by molar-refractivity contribution is 5.91. The van der Waals surface area contributed by atoms with Crippen LogP contribution in [0.15, 0.2) is 60.0 Å². The molecule has 1 N–H and O–H groups in total. The molecule has 0 spiro atoms. The van der Waals surface area contributed by atoms with Crippen molar-refractivity contribution in [3.63, 3.8) is 0 Å². The number of carbonyl (C=O) groups excluding carboxylic acids is 1. The topological polar surface area (TPSA) is 65.8 Å². The second-order valence-corrected chi connectivity index (χ2v) is 5.62. The Morgan fingerprint density at radius 1 is 1.22 bits per heavy atom. The minimum Gasteiger partial charge on any atom is -0.365 e. The number of carbonyl (C=O) groups is 1. The first-order chi connectivity index (χ1) is 11.1. The number of aromatic nitrogens is 1. The van der Waals surface area contributed by atoms with Crippen LogP contribution in [0.4, 0.5) is 0 Å². The van der Waals surface area contributed by atoms with Crippen molar-refractivity contribution in [1.82, 2.24) is 9.99 Å². The normalized spacial score (nSPS) is 20.4. The van der Waals surface area contributed by atoms with Gasteiger partial charge in [-0.05, 0) is 24.1 Å². The molecular formula is C18H19N3O2. The van der Waals surface area contributed by atoms with Gasteiger partial charge in [-0.1, -0.05) is 37.3 Å². The number of aliphatic hydroxyl groups is 1. The van der Waals surface area contributed by atoms with E-state index in [2.05, 4.69) is 10.1 Å². The lowest BCUT2D eigenvalue weighted by molar-refractivity contribution is -0.157. The van der Waals surface area contributed by atoms with Gasteiger partial charge in [0.2, 0.25) is 5.91 Å². The summed E-state index contributed by atoms with van der Waals surface area (Å²) < 4.78 is 0. The van der Waals surface area contributed by atoms with Crippen molar-refractivity contribution in [2.75, 3.05) is 0 Å². The van der Waals surface area contributed by atoms with Crippen LogP contribution < -0.4 is 0 Å². The average Bonchev–Trinajstić information content (AvgIpc) is 2.95. The molecule has 0 bridgehead atoms. The smallest absolute Gasteiger partial charge is 0.250 e. The van der Waals surface area contributed by atoms with E-state index in [9.17, 15) is 9.90 Å². The van der Waals surface area contributed by atoms with Gasteiger partial charge in [-0.3, -0.25) is 9.78 Å². The Morgan fingerprint density at radius 3 is 2.57 bits per heavy atom. The molecule has 1 aliphatic heterocycles. The molecule has 0 saturated heterocycles. The van der Waals surface area contributed by atoms with Gasteiger partial charge in [-0.15, -0.1) is 0 Å². The molecule has 1 aromatic carbocycles. The van der Waals surface area contributed by atoms with Gasteiger partial charge < -0.3 is 5.11 Å². The van der Waals surface area contributed by atoms with E-state index in [1.807, 2.05) is 37.3 Å². The van der Waals surface area contributed by atoms with Gasteiger partial charge in [-0.2, -0.15) is 10.1 Å². The molecule has 0 radical (unpaired) electrons. The minimum atomic E-state index is -1.43. The summed E-state index contributed by atoms with van der Waals surface area (Å²) in [4.78, 5) is 16.7. The summed E-state index contributed by atoms with van der Waals surface area (Å²) in [5.74, 6) is -0.223. The molecule has 0 unspecified atom stereocenters. The van der Waals surface area contributed by atoms with Crippen LogP contribution in [0.1, 0.15) is 30.9 Å². The zero-order valence-electron chi connectivity index (χ0n) is 13.0. The van der Waals surface area contributed by atoms with Crippen molar-refractivity contribution >= 4 is 11.6 Å². The fourth-order valence-electron chi connectivity index (χ4n) is 2.77. The minimum absolute atomic E-state index is 0.203. The third kappa shape index (κ3) is 3.00. The zero-order valence-corrected chi connectivity index (χ0v) is 13.0. The molecule has 5 heteroatoms. The average molecular weight is 309 g/mol. The first-order valence-electron chi connectivity index (χ1n) is 7.69. The van der Waals surface area contributed by atoms with Crippen molar-refractivity contribution in [1.29, 1.82) is 0 Å². The molecule has 0 saturated carbocycles. The summed E-state index contributed by atoms with van der Waals surface area (Å²) in [6.07, 6.45) is 4.44. The summed E-state index contributed by atoms with van der Waals surface area (Å²) in [7, 11) is 0. The van der Waals surface area contributed by atoms with Crippen molar-refractivity contribution in [3.8, 4) is 0 Å². The van der Waals surface area contributed by atoms with E-state index < -0.39 is 5.72 Å². The molecule has 23 heavy (non-hydrogen) atoms. The monoisotopic (exact) mass is 309 g/mol. The van der Waals surface area contributed by atoms with Crippen LogP contribution in [-0.4, -0.2) is 26.7 Å². The Hall–Kier alpha value is -2.53. The maximum atomic E-state index is 12.7. The molecule has 1 aliphatic rings. The molecule has 0 aliphatic carbocycles. The van der Waals surface area contributed by atoms with Gasteiger partial charge in [0.1, 0.15) is 0 Å². The van der Waals surface area contributed by atoms with Gasteiger partial charge in [0.05, 0.1) is 6.42 Å². The van der Waals surface area contributed by atoms with Gasteiger partial charge in [-0.25, -0.2) is 0 Å². The number of hydrogen-bond acceptors (Lipinski definition) is 4. The Bertz CT molecular complexity index is 716. The number of amides is 1. The largest absolute Gasteiger partial charge is 0.365 e. The van der Waals surface area contributed by atoms with Crippen LogP contribution in [-0.2, 0) is 16.9 Å². The van der Waals surface area contributed by atoms with Gasteiger partial charge in [0.15, 0.2) is 5.72 Å². The Morgan fingerprint density at radius 2 is 1.91 bits per heavy atom. The highest BCUT2D eigenvalue weighted by Crippen LogP contribution is 2.36. The molecule has 2 aromatic rings. The quantitative estimate of drug-likeness (QED) is 0.943. The van der Waals surface area contributed by atoms with Crippen molar-refractivity contribution in [2.45, 2.75) is 31.9 Å². The predicted octanol–water partition coefficient (Wildman–Crippen LogP) is 2.47. The molecule has 1 amide bonds. The van der Waals surface area contributed by atoms with Crippen LogP contribution >= 0.6 is 0 Å². The van der Waals surface area contributed by atoms with Crippen molar-refractivity contribution in [2.24, 2.45) is 5.10 Å². The van der Waals surface area contributed by atoms with E-state index in [1.165, 1.54) is 5.01 Å². The fourth-order valence-corrected chi connectivity index (χ4v) is 2.77. The fraction of sp³-hybridized carbons (Fsp3) is 0.278. The SMILES string of the molecule is CCC1=NN(C(=O)Cc2ccccc2)[C@@](O)(c2ccncc2)C1. The van der Waals surface area contributed by atoms with Crippen LogP contribution in [0.3, 0.4) is 0 Å². The highest BCUT2D eigenvalue weighted by Gasteiger charge is 2.45. The predicted molar refractivity (Wildman–Crippen MR) is 87.5 cm³/mol. The summed E-state index contributed by atoms with van der Waals surface area (Å²) in [6.45, 7) is 1.97. The van der Waals surface area contributed by atoms with E-state index in [0.29, 0.717) is 18.4 Å². The molecule has 118 valence electrons. The van der Waals surface area contributed by atoms with Crippen LogP contribution in [0, 0.1) is 0 Å². The number of pyridine rings is 1. The maximum absolute atomic E-state index is 12.7. The third-order valence-corrected chi connectivity index (χ3v) is 4.03. The number of hydrogen-bond donors (Lipinski definition) is 1. The molecule has 5 nitrogen and oxygen atoms in total. The first-order valence-corrected chi connectivity index (χ1v) is 7.69. The van der Waals surface area contributed by atoms with Crippen molar-refractivity contribution < 1.29 is 9.90 Å². The van der Waals surface area contributed by atoms with E-state index >= 15 is 0 Å². The molecule has 0 fully saturated rings. The van der Waals surface area contributed by atoms with E-state index in [-0.39, 0.29) is 12.3 Å². The van der Waals surface area contributed by atoms with Crippen LogP contribution in [0.5, 0.6) is 0 Å². The van der Waals surface area contributed by atoms with E-state index in [0.717, 1.165) is 11.3 Å². The number of nitrogens with zero attached hydrogens (tertiary/aromatic N) is 3. The summed E-state index contributed by atoms with van der Waals surface area (Å²) in [5, 5.41) is 16.7. The van der Waals surface area contributed by atoms with Crippen LogP contribution in [0.25, 0.3) is 0 Å². The second kappa shape index (κ2) is 6.30. The molecule has 1 aromatic heterocycles. The summed E-state index contributed by atoms with van der Waals surface area (Å²) >= 11 is 0. The lowest BCUT2D eigenvalue weighted by Gasteiger charge is -2.31. The zero-order chi connectivity index (χ0) is 16.3. The van der Waals surface area contributed by atoms with Crippen molar-refractivity contribution in [3.05, 3.63) is 66.0 Å². The summed E-state index contributed by atoms with van der Waals surface area (Å²) in [5.41, 5.74) is 0.904. The number of benzene rings is 1. The number of rotatable bonds is 4. The van der Waals surface area contributed by atoms with E-state index in [4.69, 9.17) is 0 Å². The van der Waals surface area contributed by atoms with E-state index in [1.54, 1.807) is 24.5 Å². The van der Waals surface area contributed by atoms with Gasteiger partial charge in [0.25, 0.3) is 0 Å². The standard InChI is InChI=1S/C18H19N3O2/c1-2-16-13-18(23,15-8-10-19-11-9-15)21(20-16)17(22)12-14-6-4-3-5-7-14/h3-11,23H,2,12-13H2,1H3/t18-/m0/s1. The Kier molecular flexibility index (Phi) is 4.21. The lowest BCUT2D eigenvalue weighted by atomic mass is 9.97. The molecular weight excluding hydrogens is 290 g/mol. The molecule has 3 rings (SSSR count). The number of hydrazone groups is 1. The Labute approximate surface area is 135 Å². The van der Waals surface area contributed by atoms with Crippen LogP contribution in [0.2, 0.25) is 0 Å². The lowest BCUT2D eigenvalue weighted by Crippen LogP contribution is -2.44. The van der Waals surface area contributed by atoms with Gasteiger partial charge in [0, 0.05) is 30.1 Å². The third-order valence-electron chi connectivity index (χ3n) is 4.03. The maximum Gasteiger partial charge on any atom is 0.250 e. The second-order valence-electron chi connectivity index (χ2n) is 5.62. The Balaban J connectivity index is 1.90. The molecule has 2 heterocycles. The van der Waals surface area contributed by atoms with Gasteiger partial charge >= 0.3 is 0 Å². The summed E-state index contributed by atoms with van der Waals surface area (Å²) in [6, 6.07) is 12.9. The molecule has 1 atom stereocenters. The highest BCUT2D eigenvalue weighted by atomic mass is 16.3. The first kappa shape index (κ1) is 15.4.